The summed E-state index contributed by atoms with van der Waals surface area (Å²) in [6, 6.07) is 7.29. The molecular weight excluding hydrogens is 338 g/mol. The van der Waals surface area contributed by atoms with Crippen molar-refractivity contribution in [2.45, 2.75) is 6.04 Å². The number of aromatic nitrogens is 5. The molecule has 11 nitrogen and oxygen atoms in total. The van der Waals surface area contributed by atoms with Gasteiger partial charge in [0.2, 0.25) is 0 Å². The van der Waals surface area contributed by atoms with Gasteiger partial charge in [0.1, 0.15) is 11.5 Å². The fraction of sp³-hybridized carbons (Fsp3) is 0.133. The second-order valence-electron chi connectivity index (χ2n) is 5.40. The van der Waals surface area contributed by atoms with E-state index in [-0.39, 0.29) is 18.4 Å². The van der Waals surface area contributed by atoms with Gasteiger partial charge in [-0.2, -0.15) is 4.98 Å². The van der Waals surface area contributed by atoms with Crippen molar-refractivity contribution in [3.8, 4) is 11.4 Å². The Morgan fingerprint density at radius 3 is 2.50 bits per heavy atom. The topological polar surface area (TPSA) is 173 Å². The molecule has 2 aromatic heterocycles. The minimum absolute atomic E-state index is 0.0850. The van der Waals surface area contributed by atoms with E-state index in [1.807, 2.05) is 0 Å². The van der Waals surface area contributed by atoms with Crippen molar-refractivity contribution >= 4 is 11.8 Å². The molecule has 0 aliphatic rings. The Kier molecular flexibility index (Phi) is 4.73. The molecule has 0 unspecified atom stereocenters. The summed E-state index contributed by atoms with van der Waals surface area (Å²) >= 11 is 0. The average Bonchev–Trinajstić information content (AvgIpc) is 3.11. The Morgan fingerprint density at radius 1 is 1.19 bits per heavy atom. The first-order chi connectivity index (χ1) is 12.5. The molecule has 0 bridgehead atoms. The molecule has 2 amide bonds. The Labute approximate surface area is 147 Å². The van der Waals surface area contributed by atoms with E-state index >= 15 is 0 Å². The molecule has 134 valence electrons. The van der Waals surface area contributed by atoms with Gasteiger partial charge < -0.3 is 17.2 Å². The van der Waals surface area contributed by atoms with Crippen LogP contribution in [0.25, 0.3) is 11.4 Å². The van der Waals surface area contributed by atoms with Gasteiger partial charge in [-0.3, -0.25) is 9.88 Å². The maximum Gasteiger partial charge on any atom is 0.354 e. The van der Waals surface area contributed by atoms with Crippen molar-refractivity contribution in [3.05, 3.63) is 58.9 Å². The van der Waals surface area contributed by atoms with Crippen LogP contribution < -0.4 is 28.2 Å². The summed E-state index contributed by atoms with van der Waals surface area (Å²) in [7, 11) is 0. The number of urea groups is 1. The zero-order valence-corrected chi connectivity index (χ0v) is 13.6. The molecule has 3 rings (SSSR count). The zero-order chi connectivity index (χ0) is 18.7. The average molecular weight is 355 g/mol. The first kappa shape index (κ1) is 17.3. The van der Waals surface area contributed by atoms with Crippen LogP contribution in [0.5, 0.6) is 0 Å². The van der Waals surface area contributed by atoms with Crippen LogP contribution in [-0.2, 0) is 0 Å². The maximum atomic E-state index is 12.1. The second kappa shape index (κ2) is 7.13. The third kappa shape index (κ3) is 3.58. The van der Waals surface area contributed by atoms with Crippen LogP contribution in [0.4, 0.5) is 10.6 Å². The number of nitrogens with zero attached hydrogens (tertiary/aromatic N) is 5. The standard InChI is InChI=1S/C15H17N9O2/c16-7-11(17)12-8-24(22-21-12)10-3-1-9(2-4-10)23-6-5-13(19-14(18)25)20-15(23)26/h1-6,8,11H,7,16-17H2,(H3,18,19,20,25,26)/t11-/m0/s1. The minimum Gasteiger partial charge on any atom is -0.351 e. The number of hydrogen-bond acceptors (Lipinski definition) is 7. The highest BCUT2D eigenvalue weighted by Gasteiger charge is 2.10. The van der Waals surface area contributed by atoms with Crippen LogP contribution in [0.1, 0.15) is 11.7 Å². The largest absolute Gasteiger partial charge is 0.354 e. The highest BCUT2D eigenvalue weighted by atomic mass is 16.2. The summed E-state index contributed by atoms with van der Waals surface area (Å²) in [5.41, 5.74) is 17.7. The Morgan fingerprint density at radius 2 is 1.88 bits per heavy atom. The van der Waals surface area contributed by atoms with Crippen LogP contribution in [0, 0.1) is 0 Å². The molecule has 1 aromatic carbocycles. The molecule has 0 radical (unpaired) electrons. The van der Waals surface area contributed by atoms with E-state index in [1.54, 1.807) is 35.1 Å². The Balaban J connectivity index is 1.85. The molecule has 7 N–H and O–H groups in total. The van der Waals surface area contributed by atoms with Crippen LogP contribution in [0.2, 0.25) is 0 Å². The number of primary amides is 1. The fourth-order valence-electron chi connectivity index (χ4n) is 2.25. The smallest absolute Gasteiger partial charge is 0.351 e. The van der Waals surface area contributed by atoms with Gasteiger partial charge in [0.05, 0.1) is 23.6 Å². The molecule has 0 saturated heterocycles. The number of rotatable bonds is 5. The lowest BCUT2D eigenvalue weighted by atomic mass is 10.2. The van der Waals surface area contributed by atoms with E-state index in [0.717, 1.165) is 5.69 Å². The summed E-state index contributed by atoms with van der Waals surface area (Å²) in [6.07, 6.45) is 3.19. The predicted octanol–water partition coefficient (Wildman–Crippen LogP) is -0.738. The van der Waals surface area contributed by atoms with E-state index in [4.69, 9.17) is 17.2 Å². The lowest BCUT2D eigenvalue weighted by Gasteiger charge is -2.07. The van der Waals surface area contributed by atoms with E-state index in [0.29, 0.717) is 11.4 Å². The summed E-state index contributed by atoms with van der Waals surface area (Å²) < 4.78 is 2.89. The third-order valence-corrected chi connectivity index (χ3v) is 3.59. The van der Waals surface area contributed by atoms with Gasteiger partial charge in [0.25, 0.3) is 0 Å². The molecule has 0 aliphatic carbocycles. The van der Waals surface area contributed by atoms with Crippen molar-refractivity contribution in [1.82, 2.24) is 24.5 Å². The Bertz CT molecular complexity index is 977. The number of hydrogen-bond donors (Lipinski definition) is 4. The normalized spacial score (nSPS) is 11.9. The maximum absolute atomic E-state index is 12.1. The quantitative estimate of drug-likeness (QED) is 0.466. The lowest BCUT2D eigenvalue weighted by molar-refractivity contribution is 0.259. The second-order valence-corrected chi connectivity index (χ2v) is 5.40. The predicted molar refractivity (Wildman–Crippen MR) is 93.9 cm³/mol. The van der Waals surface area contributed by atoms with Crippen molar-refractivity contribution in [2.75, 3.05) is 11.9 Å². The molecule has 0 fully saturated rings. The van der Waals surface area contributed by atoms with Gasteiger partial charge in [-0.25, -0.2) is 14.3 Å². The monoisotopic (exact) mass is 355 g/mol. The van der Waals surface area contributed by atoms with Crippen LogP contribution in [0.3, 0.4) is 0 Å². The SMILES string of the molecule is NC[C@H](N)c1cn(-c2ccc(-n3ccc(NC(N)=O)nc3=O)cc2)nn1. The van der Waals surface area contributed by atoms with Gasteiger partial charge in [0, 0.05) is 12.7 Å². The number of benzene rings is 1. The summed E-state index contributed by atoms with van der Waals surface area (Å²) in [5.74, 6) is 0.0850. The van der Waals surface area contributed by atoms with Gasteiger partial charge in [-0.15, -0.1) is 5.10 Å². The summed E-state index contributed by atoms with van der Waals surface area (Å²) in [6.45, 7) is 0.272. The third-order valence-electron chi connectivity index (χ3n) is 3.59. The number of nitrogens with two attached hydrogens (primary N) is 3. The summed E-state index contributed by atoms with van der Waals surface area (Å²) in [5, 5.41) is 10.2. The van der Waals surface area contributed by atoms with Crippen molar-refractivity contribution in [1.29, 1.82) is 0 Å². The zero-order valence-electron chi connectivity index (χ0n) is 13.6. The minimum atomic E-state index is -0.791. The molecule has 3 aromatic rings. The van der Waals surface area contributed by atoms with Crippen molar-refractivity contribution < 1.29 is 4.79 Å². The van der Waals surface area contributed by atoms with Crippen molar-refractivity contribution in [3.63, 3.8) is 0 Å². The Hall–Kier alpha value is -3.57. The van der Waals surface area contributed by atoms with Gasteiger partial charge >= 0.3 is 11.7 Å². The van der Waals surface area contributed by atoms with E-state index in [1.165, 1.54) is 16.8 Å². The molecule has 1 atom stereocenters. The molecule has 0 saturated carbocycles. The van der Waals surface area contributed by atoms with E-state index in [2.05, 4.69) is 20.6 Å². The first-order valence-electron chi connectivity index (χ1n) is 7.63. The molecule has 0 aliphatic heterocycles. The molecule has 2 heterocycles. The van der Waals surface area contributed by atoms with Gasteiger partial charge in [-0.05, 0) is 30.3 Å². The summed E-state index contributed by atoms with van der Waals surface area (Å²) in [4.78, 5) is 26.6. The van der Waals surface area contributed by atoms with E-state index < -0.39 is 11.7 Å². The van der Waals surface area contributed by atoms with E-state index in [9.17, 15) is 9.59 Å². The first-order valence-corrected chi connectivity index (χ1v) is 7.63. The fourth-order valence-corrected chi connectivity index (χ4v) is 2.25. The van der Waals surface area contributed by atoms with Crippen LogP contribution in [-0.4, -0.2) is 37.1 Å². The molecule has 0 spiro atoms. The van der Waals surface area contributed by atoms with Crippen LogP contribution in [0.15, 0.2) is 47.5 Å². The van der Waals surface area contributed by atoms with Crippen molar-refractivity contribution in [2.24, 2.45) is 17.2 Å². The lowest BCUT2D eigenvalue weighted by Crippen LogP contribution is -2.25. The number of anilines is 1. The molecule has 26 heavy (non-hydrogen) atoms. The number of carbonyl (C=O) groups is 1. The van der Waals surface area contributed by atoms with Crippen LogP contribution >= 0.6 is 0 Å². The van der Waals surface area contributed by atoms with Gasteiger partial charge in [0.15, 0.2) is 0 Å². The number of nitrogens with one attached hydrogen (secondary N) is 1. The molecular formula is C15H17N9O2. The number of amides is 2. The highest BCUT2D eigenvalue weighted by molar-refractivity contribution is 5.86. The highest BCUT2D eigenvalue weighted by Crippen LogP contribution is 2.13. The molecule has 11 heteroatoms. The number of carbonyl (C=O) groups excluding carboxylic acids is 1. The van der Waals surface area contributed by atoms with Gasteiger partial charge in [-0.1, -0.05) is 5.21 Å².